The average molecular weight is 200 g/mol. The number of rotatable bonds is 0. The van der Waals surface area contributed by atoms with Crippen molar-refractivity contribution in [2.75, 3.05) is 0 Å². The molecule has 0 atom stereocenters. The molecule has 74 valence electrons. The molecule has 2 N–H and O–H groups in total. The largest absolute Gasteiger partial charge is 0.397 e. The number of nitrogens with zero attached hydrogens (tertiary/aromatic N) is 1. The molecule has 0 fully saturated rings. The van der Waals surface area contributed by atoms with Crippen molar-refractivity contribution < 1.29 is 4.39 Å². The zero-order chi connectivity index (χ0) is 10.4. The van der Waals surface area contributed by atoms with Crippen molar-refractivity contribution in [2.24, 2.45) is 10.7 Å². The Morgan fingerprint density at radius 1 is 1.27 bits per heavy atom. The fourth-order valence-corrected chi connectivity index (χ4v) is 1.97. The molecule has 0 unspecified atom stereocenters. The van der Waals surface area contributed by atoms with Gasteiger partial charge in [-0.05, 0) is 6.07 Å². The molecule has 0 bridgehead atoms. The summed E-state index contributed by atoms with van der Waals surface area (Å²) in [7, 11) is 0. The molecule has 2 aliphatic rings. The van der Waals surface area contributed by atoms with Gasteiger partial charge < -0.3 is 5.73 Å². The Hall–Kier alpha value is -1.90. The molecule has 2 nitrogen and oxygen atoms in total. The zero-order valence-corrected chi connectivity index (χ0v) is 8.00. The molecule has 0 spiro atoms. The second-order valence-corrected chi connectivity index (χ2v) is 3.63. The molecule has 1 aliphatic carbocycles. The standard InChI is InChI=1S/C12H9FN2/c13-12-8(14)5-6-10-11(12)7-3-1-2-4-9(7)15-10/h1-5H,6,14H2. The number of benzene rings is 1. The lowest BCUT2D eigenvalue weighted by atomic mass is 9.95. The van der Waals surface area contributed by atoms with Crippen LogP contribution in [-0.4, -0.2) is 5.71 Å². The summed E-state index contributed by atoms with van der Waals surface area (Å²) in [5.41, 5.74) is 8.82. The van der Waals surface area contributed by atoms with Crippen LogP contribution in [0.25, 0.3) is 5.57 Å². The normalized spacial score (nSPS) is 18.2. The van der Waals surface area contributed by atoms with Crippen molar-refractivity contribution in [2.45, 2.75) is 6.42 Å². The first-order valence-corrected chi connectivity index (χ1v) is 4.80. The summed E-state index contributed by atoms with van der Waals surface area (Å²) in [6.07, 6.45) is 2.28. The van der Waals surface area contributed by atoms with Gasteiger partial charge in [-0.15, -0.1) is 0 Å². The summed E-state index contributed by atoms with van der Waals surface area (Å²) < 4.78 is 13.8. The molecule has 0 saturated carbocycles. The van der Waals surface area contributed by atoms with Gasteiger partial charge in [-0.2, -0.15) is 0 Å². The lowest BCUT2D eigenvalue weighted by molar-refractivity contribution is 0.651. The Labute approximate surface area is 86.6 Å². The Bertz CT molecular complexity index is 538. The van der Waals surface area contributed by atoms with E-state index in [2.05, 4.69) is 4.99 Å². The van der Waals surface area contributed by atoms with E-state index in [1.165, 1.54) is 0 Å². The molecular weight excluding hydrogens is 191 g/mol. The lowest BCUT2D eigenvalue weighted by Gasteiger charge is -2.11. The van der Waals surface area contributed by atoms with Gasteiger partial charge in [0.25, 0.3) is 0 Å². The first-order valence-electron chi connectivity index (χ1n) is 4.80. The van der Waals surface area contributed by atoms with Crippen molar-refractivity contribution in [3.05, 3.63) is 47.4 Å². The minimum atomic E-state index is -0.343. The van der Waals surface area contributed by atoms with Gasteiger partial charge in [0, 0.05) is 17.6 Å². The van der Waals surface area contributed by atoms with E-state index >= 15 is 0 Å². The predicted octanol–water partition coefficient (Wildman–Crippen LogP) is 2.70. The molecule has 1 aromatic carbocycles. The second kappa shape index (κ2) is 2.79. The average Bonchev–Trinajstić information content (AvgIpc) is 2.62. The monoisotopic (exact) mass is 200 g/mol. The highest BCUT2D eigenvalue weighted by Crippen LogP contribution is 2.40. The van der Waals surface area contributed by atoms with Crippen LogP contribution in [0.15, 0.2) is 46.9 Å². The number of para-hydroxylation sites is 1. The van der Waals surface area contributed by atoms with E-state index < -0.39 is 0 Å². The number of allylic oxidation sites excluding steroid dienone is 3. The topological polar surface area (TPSA) is 38.4 Å². The Morgan fingerprint density at radius 3 is 2.93 bits per heavy atom. The molecule has 1 heterocycles. The van der Waals surface area contributed by atoms with Crippen molar-refractivity contribution >= 4 is 17.0 Å². The highest BCUT2D eigenvalue weighted by atomic mass is 19.1. The minimum absolute atomic E-state index is 0.223. The van der Waals surface area contributed by atoms with Gasteiger partial charge in [0.1, 0.15) is 0 Å². The molecule has 15 heavy (non-hydrogen) atoms. The SMILES string of the molecule is NC1=CCC2=Nc3ccccc3C2=C1F. The number of hydrogen-bond acceptors (Lipinski definition) is 2. The van der Waals surface area contributed by atoms with E-state index in [0.717, 1.165) is 17.0 Å². The predicted molar refractivity (Wildman–Crippen MR) is 58.5 cm³/mol. The maximum absolute atomic E-state index is 13.8. The van der Waals surface area contributed by atoms with Gasteiger partial charge in [0.05, 0.1) is 17.1 Å². The Kier molecular flexibility index (Phi) is 1.57. The highest BCUT2D eigenvalue weighted by Gasteiger charge is 2.27. The van der Waals surface area contributed by atoms with Gasteiger partial charge >= 0.3 is 0 Å². The van der Waals surface area contributed by atoms with Gasteiger partial charge in [-0.25, -0.2) is 4.39 Å². The van der Waals surface area contributed by atoms with E-state index in [1.807, 2.05) is 24.3 Å². The first-order chi connectivity index (χ1) is 7.27. The van der Waals surface area contributed by atoms with Gasteiger partial charge in [-0.1, -0.05) is 24.3 Å². The van der Waals surface area contributed by atoms with Crippen molar-refractivity contribution in [3.63, 3.8) is 0 Å². The van der Waals surface area contributed by atoms with Crippen molar-refractivity contribution in [1.82, 2.24) is 0 Å². The quantitative estimate of drug-likeness (QED) is 0.687. The molecule has 3 heteroatoms. The van der Waals surface area contributed by atoms with Crippen LogP contribution in [0.2, 0.25) is 0 Å². The number of nitrogens with two attached hydrogens (primary N) is 1. The molecule has 0 amide bonds. The van der Waals surface area contributed by atoms with Crippen LogP contribution in [0.5, 0.6) is 0 Å². The van der Waals surface area contributed by atoms with Crippen LogP contribution >= 0.6 is 0 Å². The third kappa shape index (κ3) is 1.06. The Balaban J connectivity index is 2.29. The molecule has 1 aliphatic heterocycles. The van der Waals surface area contributed by atoms with Gasteiger partial charge in [-0.3, -0.25) is 4.99 Å². The van der Waals surface area contributed by atoms with Crippen LogP contribution in [0.1, 0.15) is 12.0 Å². The van der Waals surface area contributed by atoms with Crippen LogP contribution < -0.4 is 5.73 Å². The van der Waals surface area contributed by atoms with Crippen molar-refractivity contribution in [3.8, 4) is 0 Å². The maximum atomic E-state index is 13.8. The van der Waals surface area contributed by atoms with E-state index in [4.69, 9.17) is 5.73 Å². The Morgan fingerprint density at radius 2 is 2.07 bits per heavy atom. The van der Waals surface area contributed by atoms with Crippen LogP contribution in [-0.2, 0) is 0 Å². The fourth-order valence-electron chi connectivity index (χ4n) is 1.97. The molecule has 0 aromatic heterocycles. The maximum Gasteiger partial charge on any atom is 0.155 e. The second-order valence-electron chi connectivity index (χ2n) is 3.63. The van der Waals surface area contributed by atoms with Gasteiger partial charge in [0.15, 0.2) is 5.83 Å². The van der Waals surface area contributed by atoms with Crippen LogP contribution in [0.4, 0.5) is 10.1 Å². The first kappa shape index (κ1) is 8.41. The zero-order valence-electron chi connectivity index (χ0n) is 8.00. The van der Waals surface area contributed by atoms with E-state index in [9.17, 15) is 4.39 Å². The highest BCUT2D eigenvalue weighted by molar-refractivity contribution is 6.31. The fraction of sp³-hybridized carbons (Fsp3) is 0.0833. The third-order valence-electron chi connectivity index (χ3n) is 2.71. The summed E-state index contributed by atoms with van der Waals surface area (Å²) >= 11 is 0. The summed E-state index contributed by atoms with van der Waals surface area (Å²) in [4.78, 5) is 4.38. The number of halogens is 1. The van der Waals surface area contributed by atoms with Crippen molar-refractivity contribution in [1.29, 1.82) is 0 Å². The minimum Gasteiger partial charge on any atom is -0.397 e. The lowest BCUT2D eigenvalue weighted by Crippen LogP contribution is -2.10. The van der Waals surface area contributed by atoms with E-state index in [0.29, 0.717) is 12.0 Å². The number of hydrogen-bond donors (Lipinski definition) is 1. The molecule has 3 rings (SSSR count). The van der Waals surface area contributed by atoms with Crippen LogP contribution in [0, 0.1) is 0 Å². The summed E-state index contributed by atoms with van der Waals surface area (Å²) in [6, 6.07) is 7.54. The number of fused-ring (bicyclic) bond motifs is 3. The molecule has 1 aromatic rings. The summed E-state index contributed by atoms with van der Waals surface area (Å²) in [6.45, 7) is 0. The molecular formula is C12H9FN2. The summed E-state index contributed by atoms with van der Waals surface area (Å²) in [5.74, 6) is -0.343. The third-order valence-corrected chi connectivity index (χ3v) is 2.71. The molecule has 0 saturated heterocycles. The van der Waals surface area contributed by atoms with Gasteiger partial charge in [0.2, 0.25) is 0 Å². The smallest absolute Gasteiger partial charge is 0.155 e. The number of aliphatic imine (C=N–C) groups is 1. The molecule has 0 radical (unpaired) electrons. The van der Waals surface area contributed by atoms with E-state index in [-0.39, 0.29) is 11.5 Å². The van der Waals surface area contributed by atoms with E-state index in [1.54, 1.807) is 6.08 Å². The summed E-state index contributed by atoms with van der Waals surface area (Å²) in [5, 5.41) is 0. The van der Waals surface area contributed by atoms with Crippen LogP contribution in [0.3, 0.4) is 0 Å².